The highest BCUT2D eigenvalue weighted by molar-refractivity contribution is 7.80. The van der Waals surface area contributed by atoms with E-state index in [4.69, 9.17) is 20.3 Å². The number of aliphatic hydroxyl groups excluding tert-OH is 1. The van der Waals surface area contributed by atoms with Crippen LogP contribution < -0.4 is 58.9 Å². The maximum atomic E-state index is 13.7. The molecule has 0 bridgehead atoms. The van der Waals surface area contributed by atoms with Crippen molar-refractivity contribution in [1.29, 1.82) is 0 Å². The summed E-state index contributed by atoms with van der Waals surface area (Å²) in [6.07, 6.45) is 3.43. The number of aromatic hydroxyl groups is 2. The molecule has 10 amide bonds. The summed E-state index contributed by atoms with van der Waals surface area (Å²) in [5, 5.41) is 81.3. The Kier molecular flexibility index (Phi) is 41.4. The number of nitrogens with two attached hydrogens (primary N) is 1. The molecule has 35 heteroatoms. The van der Waals surface area contributed by atoms with Crippen LogP contribution in [0.1, 0.15) is 110 Å². The molecule has 17 N–H and O–H groups in total. The van der Waals surface area contributed by atoms with Crippen molar-refractivity contribution in [2.24, 2.45) is 17.6 Å². The molecule has 0 saturated carbocycles. The van der Waals surface area contributed by atoms with Gasteiger partial charge in [0.25, 0.3) is 0 Å². The SMILES string of the molecule is CCCNC(=O)[C@H](CC(=O)O)NC(=O)[C@@H](CC(C)C)NC(=O)[C@H](Cc1ccc(O)cc1)NC(C)=O.COCCOCCn1cc(CCC(=O)N[C@@H](CCCCN)C(=O)N[C@@H](CS)C(=O)N[C@@H](CS)C(=O)N[C@H](Cc2ccc(O)cc2)C(=O)N[C@@H](CO)C(=O)N[C@@H](CC(C)C)C(=O)O)nn1. The molecule has 1 heterocycles. The average molecular weight is 1430 g/mol. The second-order valence-corrected chi connectivity index (χ2v) is 24.7. The van der Waals surface area contributed by atoms with Gasteiger partial charge in [0.1, 0.15) is 65.9 Å². The Morgan fingerprint density at radius 3 is 1.53 bits per heavy atom. The number of unbranched alkanes of at least 4 members (excludes halogenated alkanes) is 1. The number of benzene rings is 2. The van der Waals surface area contributed by atoms with Crippen LogP contribution in [0.5, 0.6) is 11.5 Å². The number of aryl methyl sites for hydroxylation is 1. The van der Waals surface area contributed by atoms with Gasteiger partial charge >= 0.3 is 11.9 Å². The summed E-state index contributed by atoms with van der Waals surface area (Å²) in [7, 11) is 1.58. The fourth-order valence-corrected chi connectivity index (χ4v) is 9.79. The van der Waals surface area contributed by atoms with Crippen LogP contribution in [-0.2, 0) is 92.8 Å². The number of amides is 10. The van der Waals surface area contributed by atoms with Crippen LogP contribution in [0.15, 0.2) is 54.7 Å². The van der Waals surface area contributed by atoms with Crippen LogP contribution in [-0.4, -0.2) is 224 Å². The van der Waals surface area contributed by atoms with Gasteiger partial charge < -0.3 is 93.9 Å². The van der Waals surface area contributed by atoms with Crippen LogP contribution in [0, 0.1) is 11.8 Å². The van der Waals surface area contributed by atoms with Gasteiger partial charge in [-0.1, -0.05) is 64.1 Å². The number of nitrogens with one attached hydrogen (secondary N) is 10. The second-order valence-electron chi connectivity index (χ2n) is 23.9. The van der Waals surface area contributed by atoms with Crippen LogP contribution in [0.25, 0.3) is 0 Å². The highest BCUT2D eigenvalue weighted by atomic mass is 32.1. The summed E-state index contributed by atoms with van der Waals surface area (Å²) >= 11 is 8.46. The molecule has 99 heavy (non-hydrogen) atoms. The number of aliphatic carboxylic acids is 2. The van der Waals surface area contributed by atoms with E-state index in [9.17, 15) is 78.0 Å². The van der Waals surface area contributed by atoms with Crippen molar-refractivity contribution in [2.45, 2.75) is 173 Å². The number of thiol groups is 2. The molecule has 0 saturated heterocycles. The van der Waals surface area contributed by atoms with Gasteiger partial charge in [-0.2, -0.15) is 25.3 Å². The molecule has 9 atom stereocenters. The molecule has 33 nitrogen and oxygen atoms in total. The molecule has 0 aliphatic carbocycles. The minimum Gasteiger partial charge on any atom is -0.508 e. The Labute approximate surface area is 586 Å². The van der Waals surface area contributed by atoms with Gasteiger partial charge in [0.2, 0.25) is 59.1 Å². The number of methoxy groups -OCH3 is 1. The molecule has 2 aromatic carbocycles. The number of ether oxygens (including phenoxy) is 2. The van der Waals surface area contributed by atoms with Gasteiger partial charge in [-0.15, -0.1) is 5.10 Å². The zero-order chi connectivity index (χ0) is 74.1. The number of phenolic OH excluding ortho intramolecular Hbond substituents is 2. The molecule has 3 rings (SSSR count). The zero-order valence-corrected chi connectivity index (χ0v) is 58.7. The van der Waals surface area contributed by atoms with E-state index in [0.29, 0.717) is 75.5 Å². The number of carboxylic acid groups (broad SMARTS) is 2. The van der Waals surface area contributed by atoms with Crippen LogP contribution in [0.4, 0.5) is 0 Å². The maximum Gasteiger partial charge on any atom is 0.326 e. The first-order valence-electron chi connectivity index (χ1n) is 32.4. The monoisotopic (exact) mass is 1430 g/mol. The first-order chi connectivity index (χ1) is 47.0. The van der Waals surface area contributed by atoms with E-state index in [1.54, 1.807) is 44.0 Å². The molecule has 0 aliphatic heterocycles. The largest absolute Gasteiger partial charge is 0.508 e. The molecule has 0 aliphatic rings. The Hall–Kier alpha value is -8.64. The number of phenols is 2. The van der Waals surface area contributed by atoms with Crippen molar-refractivity contribution < 1.29 is 92.5 Å². The van der Waals surface area contributed by atoms with E-state index in [-0.39, 0.29) is 79.8 Å². The van der Waals surface area contributed by atoms with E-state index >= 15 is 0 Å². The lowest BCUT2D eigenvalue weighted by Gasteiger charge is -2.26. The van der Waals surface area contributed by atoms with Gasteiger partial charge in [0.15, 0.2) is 0 Å². The fraction of sp³-hybridized carbons (Fsp3) is 0.594. The Bertz CT molecular complexity index is 3050. The summed E-state index contributed by atoms with van der Waals surface area (Å²) in [4.78, 5) is 153. The predicted molar refractivity (Wildman–Crippen MR) is 368 cm³/mol. The Balaban J connectivity index is 0.000000801. The summed E-state index contributed by atoms with van der Waals surface area (Å²) in [6, 6.07) is 0.406. The highest BCUT2D eigenvalue weighted by Crippen LogP contribution is 2.16. The standard InChI is InChI=1S/C40H64N10O12S2.C24H36N4O7/c1-24(2)18-30(40(59)60)44-37(56)31(21-51)45-36(55)29(19-25-7-10-27(52)11-8-25)43-38(57)32(22-63)47-39(58)33(23-64)46-35(54)28(6-4-5-13-41)42-34(53)12-9-26-20-50(49-48-26)14-15-62-17-16-61-3;1-5-10-25-22(33)20(13-21(31)32)28-23(34)18(11-14(2)3)27-24(35)19(26-15(4)29)12-16-6-8-17(30)9-7-16/h7-8,10-11,20,24,28-33,51-52,63-64H,4-6,9,12-19,21-23,41H2,1-3H3,(H,42,53)(H,43,57)(H,44,56)(H,45,55)(H,46,54)(H,47,58)(H,59,60);6-9,14,18-20,30H,5,10-13H2,1-4H3,(H,25,33)(H,26,29)(H,27,35)(H,28,34)(H,31,32)/t28-,29+,30-,31-,32-,33-;18-,19+,20+/m01/s1. The number of aromatic nitrogens is 3. The summed E-state index contributed by atoms with van der Waals surface area (Å²) in [5.41, 5.74) is 7.36. The molecular weight excluding hydrogens is 1330 g/mol. The third-order valence-corrected chi connectivity index (χ3v) is 15.2. The molecule has 552 valence electrons. The summed E-state index contributed by atoms with van der Waals surface area (Å²) < 4.78 is 12.0. The van der Waals surface area contributed by atoms with Gasteiger partial charge in [-0.25, -0.2) is 9.48 Å². The smallest absolute Gasteiger partial charge is 0.326 e. The molecular formula is C64H100N14O19S2. The molecule has 0 radical (unpaired) electrons. The maximum absolute atomic E-state index is 13.7. The first-order valence-corrected chi connectivity index (χ1v) is 33.7. The third-order valence-electron chi connectivity index (χ3n) is 14.4. The number of rotatable bonds is 46. The van der Waals surface area contributed by atoms with Crippen LogP contribution in [0.3, 0.4) is 0 Å². The molecule has 1 aromatic heterocycles. The molecule has 0 fully saturated rings. The van der Waals surface area contributed by atoms with Crippen molar-refractivity contribution in [3.8, 4) is 11.5 Å². The van der Waals surface area contributed by atoms with Crippen molar-refractivity contribution in [2.75, 3.05) is 58.1 Å². The van der Waals surface area contributed by atoms with E-state index in [2.05, 4.69) is 88.7 Å². The van der Waals surface area contributed by atoms with Crippen molar-refractivity contribution in [3.05, 3.63) is 71.5 Å². The third kappa shape index (κ3) is 35.1. The number of carbonyl (C=O) groups excluding carboxylic acids is 10. The van der Waals surface area contributed by atoms with Gasteiger partial charge in [-0.05, 0) is 92.3 Å². The van der Waals surface area contributed by atoms with Gasteiger partial charge in [0, 0.05) is 64.0 Å². The number of hydrogen-bond acceptors (Lipinski definition) is 22. The minimum absolute atomic E-state index is 0.0119. The van der Waals surface area contributed by atoms with Crippen molar-refractivity contribution in [3.63, 3.8) is 0 Å². The van der Waals surface area contributed by atoms with Crippen molar-refractivity contribution in [1.82, 2.24) is 68.2 Å². The van der Waals surface area contributed by atoms with Crippen LogP contribution in [0.2, 0.25) is 0 Å². The lowest BCUT2D eigenvalue weighted by molar-refractivity contribution is -0.143. The fourth-order valence-electron chi connectivity index (χ4n) is 9.27. The predicted octanol–water partition coefficient (Wildman–Crippen LogP) is -1.70. The molecule has 0 spiro atoms. The zero-order valence-electron chi connectivity index (χ0n) is 57.0. The number of carboxylic acids is 2. The van der Waals surface area contributed by atoms with Crippen molar-refractivity contribution >= 4 is 96.3 Å². The van der Waals surface area contributed by atoms with E-state index < -0.39 is 138 Å². The second kappa shape index (κ2) is 47.4. The Morgan fingerprint density at radius 1 is 0.576 bits per heavy atom. The quantitative estimate of drug-likeness (QED) is 0.0221. The lowest BCUT2D eigenvalue weighted by Crippen LogP contribution is -2.61. The summed E-state index contributed by atoms with van der Waals surface area (Å²) in [6.45, 7) is 11.8. The van der Waals surface area contributed by atoms with E-state index in [1.807, 2.05) is 20.8 Å². The number of carbonyl (C=O) groups is 12. The number of aliphatic hydroxyl groups is 1. The normalized spacial score (nSPS) is 13.7. The van der Waals surface area contributed by atoms with Crippen LogP contribution >= 0.6 is 25.3 Å². The Morgan fingerprint density at radius 2 is 1.04 bits per heavy atom. The average Bonchev–Trinajstić information content (AvgIpc) is 1.56. The summed E-state index contributed by atoms with van der Waals surface area (Å²) in [5.74, 6) is -10.3. The molecule has 3 aromatic rings. The molecule has 0 unspecified atom stereocenters. The number of nitrogens with zero attached hydrogens (tertiary/aromatic N) is 3. The lowest BCUT2D eigenvalue weighted by atomic mass is 10.0. The number of hydrogen-bond donors (Lipinski definition) is 18. The topological polar surface area (TPSA) is 501 Å². The minimum atomic E-state index is -1.60. The van der Waals surface area contributed by atoms with Gasteiger partial charge in [0.05, 0.1) is 45.1 Å². The van der Waals surface area contributed by atoms with E-state index in [0.717, 1.165) is 0 Å². The van der Waals surface area contributed by atoms with E-state index in [1.165, 1.54) is 43.3 Å². The highest BCUT2D eigenvalue weighted by Gasteiger charge is 2.35. The van der Waals surface area contributed by atoms with Gasteiger partial charge in [-0.3, -0.25) is 52.7 Å². The first kappa shape index (κ1) is 86.4.